The first-order valence-corrected chi connectivity index (χ1v) is 8.92. The van der Waals surface area contributed by atoms with E-state index in [9.17, 15) is 10.1 Å². The van der Waals surface area contributed by atoms with Crippen molar-refractivity contribution in [3.05, 3.63) is 40.4 Å². The van der Waals surface area contributed by atoms with E-state index in [1.54, 1.807) is 12.1 Å². The van der Waals surface area contributed by atoms with Crippen LogP contribution in [0.2, 0.25) is 0 Å². The van der Waals surface area contributed by atoms with Gasteiger partial charge < -0.3 is 24.7 Å². The molecule has 0 amide bonds. The van der Waals surface area contributed by atoms with E-state index in [0.717, 1.165) is 11.3 Å². The van der Waals surface area contributed by atoms with Crippen LogP contribution in [-0.4, -0.2) is 30.4 Å². The number of benzene rings is 1. The van der Waals surface area contributed by atoms with Crippen LogP contribution in [0, 0.1) is 11.3 Å². The molecule has 1 aromatic heterocycles. The lowest BCUT2D eigenvalue weighted by molar-refractivity contribution is -0.132. The van der Waals surface area contributed by atoms with Gasteiger partial charge in [-0.1, -0.05) is 13.8 Å². The predicted molar refractivity (Wildman–Crippen MR) is 103 cm³/mol. The van der Waals surface area contributed by atoms with Crippen LogP contribution in [0.25, 0.3) is 0 Å². The second kappa shape index (κ2) is 7.75. The lowest BCUT2D eigenvalue weighted by Crippen LogP contribution is -2.21. The van der Waals surface area contributed by atoms with E-state index in [1.165, 1.54) is 21.1 Å². The van der Waals surface area contributed by atoms with Crippen molar-refractivity contribution in [3.8, 4) is 29.2 Å². The summed E-state index contributed by atoms with van der Waals surface area (Å²) in [6.07, 6.45) is 0. The molecule has 9 nitrogen and oxygen atoms in total. The number of esters is 1. The van der Waals surface area contributed by atoms with Gasteiger partial charge in [-0.25, -0.2) is 0 Å². The lowest BCUT2D eigenvalue weighted by atomic mass is 9.82. The topological polar surface area (TPSA) is 132 Å². The number of hydrogen-bond donors (Lipinski definition) is 2. The molecule has 9 heteroatoms. The summed E-state index contributed by atoms with van der Waals surface area (Å²) in [4.78, 5) is 11.5. The standard InChI is InChI=1S/C20H22N4O5/c1-9(2)17-16-15(12(8-21)19(22)29-20(16)24-23-17)11-6-13(26-4)18(28-10(3)25)14(7-11)27-5/h6-7,9,15H,22H2,1-5H3,(H,23,24)/t15-/m1/s1. The molecule has 0 spiro atoms. The molecule has 0 saturated heterocycles. The highest BCUT2D eigenvalue weighted by molar-refractivity contribution is 5.73. The maximum atomic E-state index is 11.5. The number of carbonyl (C=O) groups excluding carboxylic acids is 1. The maximum Gasteiger partial charge on any atom is 0.308 e. The Morgan fingerprint density at radius 2 is 1.93 bits per heavy atom. The van der Waals surface area contributed by atoms with Gasteiger partial charge in [-0.05, 0) is 23.6 Å². The molecule has 29 heavy (non-hydrogen) atoms. The molecule has 0 radical (unpaired) electrons. The van der Waals surface area contributed by atoms with Crippen molar-refractivity contribution in [3.63, 3.8) is 0 Å². The fourth-order valence-electron chi connectivity index (χ4n) is 3.35. The number of ether oxygens (including phenoxy) is 4. The minimum Gasteiger partial charge on any atom is -0.493 e. The highest BCUT2D eigenvalue weighted by atomic mass is 16.6. The Labute approximate surface area is 168 Å². The summed E-state index contributed by atoms with van der Waals surface area (Å²) in [6.45, 7) is 5.29. The fraction of sp³-hybridized carbons (Fsp3) is 0.350. The molecule has 0 unspecified atom stereocenters. The summed E-state index contributed by atoms with van der Waals surface area (Å²) in [5.41, 5.74) is 8.44. The molecule has 1 aromatic carbocycles. The van der Waals surface area contributed by atoms with Crippen molar-refractivity contribution in [2.45, 2.75) is 32.6 Å². The summed E-state index contributed by atoms with van der Waals surface area (Å²) in [5.74, 6) is 0.0497. The van der Waals surface area contributed by atoms with Gasteiger partial charge in [-0.3, -0.25) is 9.89 Å². The molecule has 3 rings (SSSR count). The van der Waals surface area contributed by atoms with Crippen molar-refractivity contribution in [2.24, 2.45) is 5.73 Å². The Bertz CT molecular complexity index is 1010. The highest BCUT2D eigenvalue weighted by Crippen LogP contribution is 2.48. The maximum absolute atomic E-state index is 11.5. The molecule has 0 saturated carbocycles. The summed E-state index contributed by atoms with van der Waals surface area (Å²) in [6, 6.07) is 5.51. The number of H-pyrrole nitrogens is 1. The first kappa shape index (κ1) is 20.1. The van der Waals surface area contributed by atoms with Crippen molar-refractivity contribution in [2.75, 3.05) is 14.2 Å². The average molecular weight is 398 g/mol. The Hall–Kier alpha value is -3.67. The van der Waals surface area contributed by atoms with E-state index in [0.29, 0.717) is 11.4 Å². The largest absolute Gasteiger partial charge is 0.493 e. The molecule has 2 heterocycles. The van der Waals surface area contributed by atoms with Gasteiger partial charge in [-0.15, -0.1) is 5.10 Å². The third kappa shape index (κ3) is 3.45. The van der Waals surface area contributed by atoms with Crippen molar-refractivity contribution in [1.29, 1.82) is 5.26 Å². The van der Waals surface area contributed by atoms with Gasteiger partial charge in [0.05, 0.1) is 25.7 Å². The predicted octanol–water partition coefficient (Wildman–Crippen LogP) is 2.69. The van der Waals surface area contributed by atoms with Crippen LogP contribution < -0.4 is 24.7 Å². The molecule has 0 bridgehead atoms. The van der Waals surface area contributed by atoms with Crippen LogP contribution in [0.5, 0.6) is 23.1 Å². The van der Waals surface area contributed by atoms with Gasteiger partial charge in [0, 0.05) is 12.6 Å². The quantitative estimate of drug-likeness (QED) is 0.580. The number of rotatable bonds is 5. The molecule has 2 aromatic rings. The van der Waals surface area contributed by atoms with E-state index in [4.69, 9.17) is 24.7 Å². The third-order valence-corrected chi connectivity index (χ3v) is 4.61. The van der Waals surface area contributed by atoms with Gasteiger partial charge >= 0.3 is 5.97 Å². The highest BCUT2D eigenvalue weighted by Gasteiger charge is 2.37. The normalized spacial score (nSPS) is 15.4. The van der Waals surface area contributed by atoms with Gasteiger partial charge in [0.1, 0.15) is 11.6 Å². The van der Waals surface area contributed by atoms with E-state index < -0.39 is 11.9 Å². The molecule has 0 fully saturated rings. The average Bonchev–Trinajstić information content (AvgIpc) is 3.10. The molecular formula is C20H22N4O5. The number of carbonyl (C=O) groups is 1. The van der Waals surface area contributed by atoms with Gasteiger partial charge in [0.25, 0.3) is 0 Å². The van der Waals surface area contributed by atoms with Crippen LogP contribution in [0.15, 0.2) is 23.6 Å². The number of methoxy groups -OCH3 is 2. The molecular weight excluding hydrogens is 376 g/mol. The third-order valence-electron chi connectivity index (χ3n) is 4.61. The van der Waals surface area contributed by atoms with Crippen molar-refractivity contribution < 1.29 is 23.7 Å². The minimum absolute atomic E-state index is 0.0196. The number of nitriles is 1. The zero-order valence-electron chi connectivity index (χ0n) is 16.8. The second-order valence-electron chi connectivity index (χ2n) is 6.78. The number of fused-ring (bicyclic) bond motifs is 1. The Kier molecular flexibility index (Phi) is 5.37. The molecule has 1 atom stereocenters. The monoisotopic (exact) mass is 398 g/mol. The number of nitrogens with zero attached hydrogens (tertiary/aromatic N) is 2. The van der Waals surface area contributed by atoms with E-state index in [1.807, 2.05) is 13.8 Å². The zero-order valence-corrected chi connectivity index (χ0v) is 16.8. The summed E-state index contributed by atoms with van der Waals surface area (Å²) < 4.78 is 21.7. The Balaban J connectivity index is 2.28. The Morgan fingerprint density at radius 1 is 1.31 bits per heavy atom. The second-order valence-corrected chi connectivity index (χ2v) is 6.78. The Morgan fingerprint density at radius 3 is 2.41 bits per heavy atom. The van der Waals surface area contributed by atoms with Crippen molar-refractivity contribution >= 4 is 5.97 Å². The number of hydrogen-bond acceptors (Lipinski definition) is 8. The number of aromatic nitrogens is 2. The summed E-state index contributed by atoms with van der Waals surface area (Å²) in [7, 11) is 2.90. The first-order chi connectivity index (χ1) is 13.8. The van der Waals surface area contributed by atoms with Gasteiger partial charge in [0.2, 0.25) is 17.5 Å². The van der Waals surface area contributed by atoms with E-state index in [-0.39, 0.29) is 34.6 Å². The smallest absolute Gasteiger partial charge is 0.308 e. The first-order valence-electron chi connectivity index (χ1n) is 8.92. The summed E-state index contributed by atoms with van der Waals surface area (Å²) >= 11 is 0. The van der Waals surface area contributed by atoms with Crippen LogP contribution in [0.1, 0.15) is 49.4 Å². The van der Waals surface area contributed by atoms with E-state index in [2.05, 4.69) is 16.3 Å². The number of nitrogens with one attached hydrogen (secondary N) is 1. The molecule has 1 aliphatic rings. The molecule has 1 aliphatic heterocycles. The van der Waals surface area contributed by atoms with Gasteiger partial charge in [-0.2, -0.15) is 5.26 Å². The minimum atomic E-state index is -0.561. The van der Waals surface area contributed by atoms with Crippen LogP contribution in [0.4, 0.5) is 0 Å². The van der Waals surface area contributed by atoms with E-state index >= 15 is 0 Å². The molecule has 152 valence electrons. The van der Waals surface area contributed by atoms with Crippen LogP contribution in [-0.2, 0) is 4.79 Å². The number of nitrogens with two attached hydrogens (primary N) is 1. The fourth-order valence-corrected chi connectivity index (χ4v) is 3.35. The molecule has 0 aliphatic carbocycles. The SMILES string of the molecule is COc1cc([C@@H]2C(C#N)=C(N)Oc3n[nH]c(C(C)C)c32)cc(OC)c1OC(C)=O. The van der Waals surface area contributed by atoms with Gasteiger partial charge in [0.15, 0.2) is 11.5 Å². The summed E-state index contributed by atoms with van der Waals surface area (Å²) in [5, 5.41) is 17.0. The molecule has 3 N–H and O–H groups in total. The van der Waals surface area contributed by atoms with Crippen LogP contribution in [0.3, 0.4) is 0 Å². The zero-order chi connectivity index (χ0) is 21.3. The lowest BCUT2D eigenvalue weighted by Gasteiger charge is -2.26. The van der Waals surface area contributed by atoms with Crippen LogP contribution >= 0.6 is 0 Å². The van der Waals surface area contributed by atoms with Crippen molar-refractivity contribution in [1.82, 2.24) is 10.2 Å². The number of allylic oxidation sites excluding steroid dienone is 1. The number of aromatic amines is 1.